The first-order valence-corrected chi connectivity index (χ1v) is 9.14. The molecule has 0 bridgehead atoms. The summed E-state index contributed by atoms with van der Waals surface area (Å²) >= 11 is 3.41. The molecule has 0 aliphatic carbocycles. The molecule has 5 nitrogen and oxygen atoms in total. The molecule has 3 rings (SSSR count). The minimum Gasteiger partial charge on any atom is -0.479 e. The third kappa shape index (κ3) is 3.03. The maximum absolute atomic E-state index is 12.5. The highest BCUT2D eigenvalue weighted by molar-refractivity contribution is 7.99. The minimum atomic E-state index is -0.956. The van der Waals surface area contributed by atoms with E-state index in [4.69, 9.17) is 0 Å². The van der Waals surface area contributed by atoms with E-state index in [2.05, 4.69) is 5.32 Å². The van der Waals surface area contributed by atoms with Gasteiger partial charge in [0.2, 0.25) is 0 Å². The fourth-order valence-corrected chi connectivity index (χ4v) is 4.89. The molecule has 2 amide bonds. The van der Waals surface area contributed by atoms with Gasteiger partial charge < -0.3 is 15.3 Å². The van der Waals surface area contributed by atoms with Crippen molar-refractivity contribution in [2.24, 2.45) is 0 Å². The van der Waals surface area contributed by atoms with Crippen LogP contribution in [0.2, 0.25) is 0 Å². The van der Waals surface area contributed by atoms with Crippen LogP contribution in [-0.4, -0.2) is 46.1 Å². The molecule has 0 radical (unpaired) electrons. The number of urea groups is 1. The zero-order valence-electron chi connectivity index (χ0n) is 11.6. The van der Waals surface area contributed by atoms with Crippen LogP contribution in [0.5, 0.6) is 0 Å². The Morgan fingerprint density at radius 2 is 2.29 bits per heavy atom. The molecular weight excluding hydrogens is 308 g/mol. The number of nitrogens with one attached hydrogen (secondary N) is 1. The van der Waals surface area contributed by atoms with E-state index in [0.717, 1.165) is 41.2 Å². The molecule has 2 unspecified atom stereocenters. The number of rotatable bonds is 2. The molecule has 0 aromatic carbocycles. The summed E-state index contributed by atoms with van der Waals surface area (Å²) in [6, 6.07) is 0.895. The first-order chi connectivity index (χ1) is 10.2. The number of amides is 2. The zero-order chi connectivity index (χ0) is 14.8. The molecule has 7 heteroatoms. The van der Waals surface area contributed by atoms with Gasteiger partial charge in [-0.2, -0.15) is 11.8 Å². The summed E-state index contributed by atoms with van der Waals surface area (Å²) in [6.45, 7) is 0.468. The summed E-state index contributed by atoms with van der Waals surface area (Å²) in [6.07, 6.45) is 2.82. The molecule has 2 N–H and O–H groups in total. The van der Waals surface area contributed by atoms with E-state index in [-0.39, 0.29) is 12.1 Å². The van der Waals surface area contributed by atoms with Crippen LogP contribution in [0, 0.1) is 0 Å². The predicted molar refractivity (Wildman–Crippen MR) is 84.0 cm³/mol. The third-order valence-corrected chi connectivity index (χ3v) is 6.16. The van der Waals surface area contributed by atoms with E-state index < -0.39 is 12.0 Å². The Morgan fingerprint density at radius 1 is 1.43 bits per heavy atom. The number of nitrogens with zero attached hydrogens (tertiary/aromatic N) is 1. The Labute approximate surface area is 131 Å². The lowest BCUT2D eigenvalue weighted by molar-refractivity contribution is -0.142. The first kappa shape index (κ1) is 14.7. The first-order valence-electron chi connectivity index (χ1n) is 7.11. The molecule has 1 saturated heterocycles. The Bertz CT molecular complexity index is 540. The average Bonchev–Trinajstić information content (AvgIpc) is 2.95. The number of carbonyl (C=O) groups is 2. The molecule has 0 spiro atoms. The summed E-state index contributed by atoms with van der Waals surface area (Å²) in [5.41, 5.74) is 0.770. The van der Waals surface area contributed by atoms with Gasteiger partial charge in [0.1, 0.15) is 0 Å². The highest BCUT2D eigenvalue weighted by Crippen LogP contribution is 2.33. The lowest BCUT2D eigenvalue weighted by Gasteiger charge is -2.35. The van der Waals surface area contributed by atoms with Crippen LogP contribution in [-0.2, 0) is 11.2 Å². The number of carbonyl (C=O) groups excluding carboxylic acids is 1. The predicted octanol–water partition coefficient (Wildman–Crippen LogP) is 2.34. The number of hydrogen-bond donors (Lipinski definition) is 2. The molecule has 114 valence electrons. The van der Waals surface area contributed by atoms with Crippen molar-refractivity contribution in [2.75, 3.05) is 18.1 Å². The van der Waals surface area contributed by atoms with Gasteiger partial charge in [-0.25, -0.2) is 9.59 Å². The van der Waals surface area contributed by atoms with E-state index >= 15 is 0 Å². The Hall–Kier alpha value is -1.21. The van der Waals surface area contributed by atoms with E-state index in [1.807, 2.05) is 23.2 Å². The second-order valence-electron chi connectivity index (χ2n) is 5.35. The van der Waals surface area contributed by atoms with Crippen LogP contribution in [0.3, 0.4) is 0 Å². The number of fused-ring (bicyclic) bond motifs is 1. The number of thiophene rings is 1. The molecule has 3 heterocycles. The summed E-state index contributed by atoms with van der Waals surface area (Å²) in [5.74, 6) is 1.11. The van der Waals surface area contributed by atoms with Gasteiger partial charge in [-0.15, -0.1) is 11.3 Å². The van der Waals surface area contributed by atoms with Gasteiger partial charge in [-0.1, -0.05) is 0 Å². The monoisotopic (exact) mass is 326 g/mol. The molecule has 1 fully saturated rings. The fraction of sp³-hybridized carbons (Fsp3) is 0.571. The van der Waals surface area contributed by atoms with E-state index in [1.165, 1.54) is 4.90 Å². The molecular formula is C14H18N2O3S2. The Morgan fingerprint density at radius 3 is 3.00 bits per heavy atom. The van der Waals surface area contributed by atoms with Crippen LogP contribution in [0.1, 0.15) is 29.3 Å². The Balaban J connectivity index is 1.74. The molecule has 2 aliphatic rings. The van der Waals surface area contributed by atoms with Gasteiger partial charge in [-0.05, 0) is 42.0 Å². The van der Waals surface area contributed by atoms with Gasteiger partial charge in [0.15, 0.2) is 6.04 Å². The molecule has 0 saturated carbocycles. The van der Waals surface area contributed by atoms with E-state index in [9.17, 15) is 14.7 Å². The van der Waals surface area contributed by atoms with Gasteiger partial charge in [0.25, 0.3) is 0 Å². The quantitative estimate of drug-likeness (QED) is 0.875. The van der Waals surface area contributed by atoms with Crippen molar-refractivity contribution >= 4 is 35.1 Å². The van der Waals surface area contributed by atoms with Crippen molar-refractivity contribution in [3.63, 3.8) is 0 Å². The van der Waals surface area contributed by atoms with Crippen LogP contribution < -0.4 is 5.32 Å². The standard InChI is InChI=1S/C14H18N2O3S2/c17-13(18)12-10-4-7-21-11(10)3-5-16(12)14(19)15-9-2-1-6-20-8-9/h4,7,9,12H,1-3,5-6,8H2,(H,15,19)(H,17,18). The molecule has 1 aromatic rings. The molecule has 21 heavy (non-hydrogen) atoms. The smallest absolute Gasteiger partial charge is 0.331 e. The van der Waals surface area contributed by atoms with E-state index in [0.29, 0.717) is 6.54 Å². The summed E-state index contributed by atoms with van der Waals surface area (Å²) < 4.78 is 0. The number of hydrogen-bond acceptors (Lipinski definition) is 4. The van der Waals surface area contributed by atoms with Crippen molar-refractivity contribution in [2.45, 2.75) is 31.3 Å². The number of thioether (sulfide) groups is 1. The normalized spacial score (nSPS) is 25.2. The molecule has 1 aromatic heterocycles. The Kier molecular flexibility index (Phi) is 4.40. The second kappa shape index (κ2) is 6.27. The summed E-state index contributed by atoms with van der Waals surface area (Å²) in [5, 5.41) is 14.4. The van der Waals surface area contributed by atoms with Crippen molar-refractivity contribution in [3.8, 4) is 0 Å². The van der Waals surface area contributed by atoms with Crippen molar-refractivity contribution in [1.29, 1.82) is 0 Å². The molecule has 2 atom stereocenters. The zero-order valence-corrected chi connectivity index (χ0v) is 13.2. The lowest BCUT2D eigenvalue weighted by atomic mass is 10.0. The maximum atomic E-state index is 12.5. The van der Waals surface area contributed by atoms with Crippen LogP contribution in [0.15, 0.2) is 11.4 Å². The van der Waals surface area contributed by atoms with Gasteiger partial charge in [-0.3, -0.25) is 0 Å². The highest BCUT2D eigenvalue weighted by Gasteiger charge is 2.37. The minimum absolute atomic E-state index is 0.162. The molecule has 2 aliphatic heterocycles. The average molecular weight is 326 g/mol. The summed E-state index contributed by atoms with van der Waals surface area (Å²) in [4.78, 5) is 26.6. The van der Waals surface area contributed by atoms with Crippen molar-refractivity contribution < 1.29 is 14.7 Å². The van der Waals surface area contributed by atoms with Crippen molar-refractivity contribution in [3.05, 3.63) is 21.9 Å². The van der Waals surface area contributed by atoms with Crippen molar-refractivity contribution in [1.82, 2.24) is 10.2 Å². The SMILES string of the molecule is O=C(O)C1c2ccsc2CCN1C(=O)NC1CCCSC1. The van der Waals surface area contributed by atoms with Gasteiger partial charge in [0.05, 0.1) is 0 Å². The van der Waals surface area contributed by atoms with Gasteiger partial charge >= 0.3 is 12.0 Å². The number of carboxylic acid groups (broad SMARTS) is 1. The second-order valence-corrected chi connectivity index (χ2v) is 7.50. The highest BCUT2D eigenvalue weighted by atomic mass is 32.2. The fourth-order valence-electron chi connectivity index (χ4n) is 2.91. The van der Waals surface area contributed by atoms with Crippen LogP contribution >= 0.6 is 23.1 Å². The summed E-state index contributed by atoms with van der Waals surface area (Å²) in [7, 11) is 0. The van der Waals surface area contributed by atoms with E-state index in [1.54, 1.807) is 11.3 Å². The largest absolute Gasteiger partial charge is 0.479 e. The number of aliphatic carboxylic acids is 1. The van der Waals surface area contributed by atoms with Gasteiger partial charge in [0, 0.05) is 23.2 Å². The van der Waals surface area contributed by atoms with Crippen LogP contribution in [0.4, 0.5) is 4.79 Å². The number of carboxylic acids is 1. The van der Waals surface area contributed by atoms with Crippen LogP contribution in [0.25, 0.3) is 0 Å². The third-order valence-electron chi connectivity index (χ3n) is 3.95. The topological polar surface area (TPSA) is 69.6 Å². The maximum Gasteiger partial charge on any atom is 0.331 e. The lowest BCUT2D eigenvalue weighted by Crippen LogP contribution is -2.51.